The minimum Gasteiger partial charge on any atom is -0.476 e. The van der Waals surface area contributed by atoms with Crippen molar-refractivity contribution in [2.24, 2.45) is 7.05 Å². The maximum absolute atomic E-state index is 11.1. The number of nitrogens with zero attached hydrogens (tertiary/aromatic N) is 2. The lowest BCUT2D eigenvalue weighted by Crippen LogP contribution is -1.99. The number of carboxylic acids is 1. The molecule has 0 unspecified atom stereocenters. The summed E-state index contributed by atoms with van der Waals surface area (Å²) < 4.78 is 6.78. The Morgan fingerprint density at radius 3 is 2.90 bits per heavy atom. The van der Waals surface area contributed by atoms with Crippen molar-refractivity contribution in [2.45, 2.75) is 0 Å². The Kier molecular flexibility index (Phi) is 2.75. The van der Waals surface area contributed by atoms with Gasteiger partial charge in [-0.3, -0.25) is 9.67 Å². The molecule has 8 heteroatoms. The fourth-order valence-electron chi connectivity index (χ4n) is 2.05. The van der Waals surface area contributed by atoms with E-state index in [0.717, 1.165) is 0 Å². The standard InChI is InChI=1S/C12H8BrN3O4/c1-16-10(8(13)9(15-16)11(17)18)5-2-3-7-6(4-5)14-12(19)20-7/h2-4H,1H3,(H,14,19)(H,17,18). The zero-order chi connectivity index (χ0) is 14.4. The molecule has 0 saturated carbocycles. The van der Waals surface area contributed by atoms with Crippen molar-refractivity contribution in [3.8, 4) is 11.3 Å². The molecule has 3 rings (SSSR count). The highest BCUT2D eigenvalue weighted by Gasteiger charge is 2.20. The fraction of sp³-hybridized carbons (Fsp3) is 0.0833. The van der Waals surface area contributed by atoms with E-state index in [4.69, 9.17) is 9.52 Å². The van der Waals surface area contributed by atoms with Crippen molar-refractivity contribution in [1.29, 1.82) is 0 Å². The summed E-state index contributed by atoms with van der Waals surface area (Å²) >= 11 is 3.25. The molecule has 1 aromatic carbocycles. The zero-order valence-electron chi connectivity index (χ0n) is 10.2. The second-order valence-corrected chi connectivity index (χ2v) is 4.96. The van der Waals surface area contributed by atoms with Crippen molar-refractivity contribution in [3.63, 3.8) is 0 Å². The number of hydrogen-bond donors (Lipinski definition) is 2. The number of aromatic amines is 1. The molecule has 0 saturated heterocycles. The average Bonchev–Trinajstić information content (AvgIpc) is 2.88. The maximum Gasteiger partial charge on any atom is 0.417 e. The van der Waals surface area contributed by atoms with Gasteiger partial charge in [-0.25, -0.2) is 9.59 Å². The molecule has 0 atom stereocenters. The lowest BCUT2D eigenvalue weighted by Gasteiger charge is -2.02. The lowest BCUT2D eigenvalue weighted by molar-refractivity contribution is 0.0688. The molecule has 0 bridgehead atoms. The van der Waals surface area contributed by atoms with E-state index in [-0.39, 0.29) is 5.69 Å². The molecule has 0 amide bonds. The van der Waals surface area contributed by atoms with Gasteiger partial charge in [-0.2, -0.15) is 5.10 Å². The number of halogens is 1. The molecule has 0 aliphatic carbocycles. The summed E-state index contributed by atoms with van der Waals surface area (Å²) in [5, 5.41) is 13.0. The molecule has 2 N–H and O–H groups in total. The summed E-state index contributed by atoms with van der Waals surface area (Å²) in [7, 11) is 1.65. The molecular weight excluding hydrogens is 330 g/mol. The van der Waals surface area contributed by atoms with Gasteiger partial charge in [-0.05, 0) is 34.1 Å². The quantitative estimate of drug-likeness (QED) is 0.744. The number of fused-ring (bicyclic) bond motifs is 1. The molecule has 7 nitrogen and oxygen atoms in total. The molecule has 2 aromatic heterocycles. The van der Waals surface area contributed by atoms with E-state index in [1.807, 2.05) is 0 Å². The first-order chi connectivity index (χ1) is 9.47. The predicted molar refractivity (Wildman–Crippen MR) is 73.7 cm³/mol. The van der Waals surface area contributed by atoms with E-state index >= 15 is 0 Å². The van der Waals surface area contributed by atoms with Gasteiger partial charge in [0, 0.05) is 12.6 Å². The Morgan fingerprint density at radius 1 is 1.50 bits per heavy atom. The number of carboxylic acid groups (broad SMARTS) is 1. The van der Waals surface area contributed by atoms with Gasteiger partial charge in [0.25, 0.3) is 0 Å². The predicted octanol–water partition coefficient (Wildman–Crippen LogP) is 1.98. The van der Waals surface area contributed by atoms with Crippen LogP contribution in [-0.4, -0.2) is 25.8 Å². The summed E-state index contributed by atoms with van der Waals surface area (Å²) in [6, 6.07) is 5.07. The van der Waals surface area contributed by atoms with Gasteiger partial charge in [0.15, 0.2) is 11.3 Å². The SMILES string of the molecule is Cn1nc(C(=O)O)c(Br)c1-c1ccc2oc(=O)[nH]c2c1. The smallest absolute Gasteiger partial charge is 0.417 e. The third-order valence-corrected chi connectivity index (χ3v) is 3.64. The van der Waals surface area contributed by atoms with Crippen LogP contribution in [0.3, 0.4) is 0 Å². The third-order valence-electron chi connectivity index (χ3n) is 2.88. The number of rotatable bonds is 2. The number of H-pyrrole nitrogens is 1. The monoisotopic (exact) mass is 337 g/mol. The summed E-state index contributed by atoms with van der Waals surface area (Å²) in [5.41, 5.74) is 2.23. The minimum atomic E-state index is -1.11. The highest BCUT2D eigenvalue weighted by molar-refractivity contribution is 9.10. The van der Waals surface area contributed by atoms with Crippen LogP contribution in [-0.2, 0) is 7.05 Å². The van der Waals surface area contributed by atoms with Gasteiger partial charge in [-0.1, -0.05) is 0 Å². The fourth-order valence-corrected chi connectivity index (χ4v) is 2.78. The Morgan fingerprint density at radius 2 is 2.25 bits per heavy atom. The summed E-state index contributed by atoms with van der Waals surface area (Å²) in [6.07, 6.45) is 0. The molecule has 0 radical (unpaired) electrons. The Hall–Kier alpha value is -2.35. The number of benzene rings is 1. The van der Waals surface area contributed by atoms with Crippen LogP contribution in [0.25, 0.3) is 22.4 Å². The van der Waals surface area contributed by atoms with E-state index in [2.05, 4.69) is 26.0 Å². The van der Waals surface area contributed by atoms with E-state index in [0.29, 0.717) is 26.8 Å². The number of oxazole rings is 1. The van der Waals surface area contributed by atoms with Crippen molar-refractivity contribution in [1.82, 2.24) is 14.8 Å². The van der Waals surface area contributed by atoms with Crippen LogP contribution >= 0.6 is 15.9 Å². The average molecular weight is 338 g/mol. The largest absolute Gasteiger partial charge is 0.476 e. The van der Waals surface area contributed by atoms with E-state index in [9.17, 15) is 9.59 Å². The molecule has 0 spiro atoms. The van der Waals surface area contributed by atoms with Crippen LogP contribution in [0.1, 0.15) is 10.5 Å². The van der Waals surface area contributed by atoms with Crippen LogP contribution < -0.4 is 5.76 Å². The van der Waals surface area contributed by atoms with Crippen LogP contribution in [0.2, 0.25) is 0 Å². The van der Waals surface area contributed by atoms with Crippen LogP contribution in [0.4, 0.5) is 0 Å². The molecule has 102 valence electrons. The topological polar surface area (TPSA) is 101 Å². The number of aryl methyl sites for hydroxylation is 1. The van der Waals surface area contributed by atoms with E-state index in [1.165, 1.54) is 4.68 Å². The molecule has 2 heterocycles. The highest BCUT2D eigenvalue weighted by atomic mass is 79.9. The number of nitrogens with one attached hydrogen (secondary N) is 1. The van der Waals surface area contributed by atoms with Gasteiger partial charge in [0.05, 0.1) is 15.7 Å². The Balaban J connectivity index is 2.24. The van der Waals surface area contributed by atoms with Gasteiger partial charge in [0.2, 0.25) is 0 Å². The summed E-state index contributed by atoms with van der Waals surface area (Å²) in [5.74, 6) is -1.65. The molecule has 3 aromatic rings. The molecular formula is C12H8BrN3O4. The van der Waals surface area contributed by atoms with Crippen LogP contribution in [0.15, 0.2) is 31.9 Å². The second kappa shape index (κ2) is 4.34. The molecule has 0 aliphatic heterocycles. The highest BCUT2D eigenvalue weighted by Crippen LogP contribution is 2.32. The first-order valence-corrected chi connectivity index (χ1v) is 6.35. The van der Waals surface area contributed by atoms with Gasteiger partial charge in [0.1, 0.15) is 0 Å². The van der Waals surface area contributed by atoms with E-state index < -0.39 is 11.7 Å². The molecule has 0 aliphatic rings. The number of aromatic nitrogens is 3. The zero-order valence-corrected chi connectivity index (χ0v) is 11.8. The van der Waals surface area contributed by atoms with Crippen molar-refractivity contribution in [2.75, 3.05) is 0 Å². The second-order valence-electron chi connectivity index (χ2n) is 4.17. The normalized spacial score (nSPS) is 11.1. The van der Waals surface area contributed by atoms with Gasteiger partial charge < -0.3 is 9.52 Å². The van der Waals surface area contributed by atoms with Crippen LogP contribution in [0.5, 0.6) is 0 Å². The third kappa shape index (κ3) is 1.85. The Bertz CT molecular complexity index is 890. The van der Waals surface area contributed by atoms with Gasteiger partial charge in [-0.15, -0.1) is 0 Å². The number of carbonyl (C=O) groups is 1. The summed E-state index contributed by atoms with van der Waals surface area (Å²) in [4.78, 5) is 24.8. The van der Waals surface area contributed by atoms with Crippen LogP contribution in [0, 0.1) is 0 Å². The van der Waals surface area contributed by atoms with Gasteiger partial charge >= 0.3 is 11.7 Å². The van der Waals surface area contributed by atoms with Crippen molar-refractivity contribution < 1.29 is 14.3 Å². The van der Waals surface area contributed by atoms with E-state index in [1.54, 1.807) is 25.2 Å². The first-order valence-electron chi connectivity index (χ1n) is 5.56. The lowest BCUT2D eigenvalue weighted by atomic mass is 10.1. The Labute approximate surface area is 120 Å². The summed E-state index contributed by atoms with van der Waals surface area (Å²) in [6.45, 7) is 0. The maximum atomic E-state index is 11.1. The minimum absolute atomic E-state index is 0.0664. The first kappa shape index (κ1) is 12.7. The number of hydrogen-bond acceptors (Lipinski definition) is 4. The van der Waals surface area contributed by atoms with Crippen molar-refractivity contribution >= 4 is 33.0 Å². The molecule has 20 heavy (non-hydrogen) atoms. The number of aromatic carboxylic acids is 1. The van der Waals surface area contributed by atoms with Crippen molar-refractivity contribution in [3.05, 3.63) is 38.9 Å². The molecule has 0 fully saturated rings.